The highest BCUT2D eigenvalue weighted by Gasteiger charge is 2.40. The Morgan fingerprint density at radius 3 is 2.68 bits per heavy atom. The lowest BCUT2D eigenvalue weighted by atomic mass is 9.78. The maximum absolute atomic E-state index is 11.9. The summed E-state index contributed by atoms with van der Waals surface area (Å²) in [6, 6.07) is 0.438. The van der Waals surface area contributed by atoms with Crippen LogP contribution in [0.1, 0.15) is 51.4 Å². The van der Waals surface area contributed by atoms with Gasteiger partial charge in [-0.1, -0.05) is 0 Å². The first-order valence-electron chi connectivity index (χ1n) is 9.80. The van der Waals surface area contributed by atoms with E-state index in [1.165, 1.54) is 44.1 Å². The van der Waals surface area contributed by atoms with Gasteiger partial charge in [0, 0.05) is 37.1 Å². The summed E-state index contributed by atoms with van der Waals surface area (Å²) < 4.78 is 29.6. The summed E-state index contributed by atoms with van der Waals surface area (Å²) in [6.45, 7) is 1.10. The molecule has 2 aliphatic heterocycles. The van der Waals surface area contributed by atoms with Crippen LogP contribution >= 0.6 is 11.8 Å². The summed E-state index contributed by atoms with van der Waals surface area (Å²) in [4.78, 5) is 0. The molecular weight excluding hydrogens is 356 g/mol. The third kappa shape index (κ3) is 5.34. The van der Waals surface area contributed by atoms with Crippen molar-refractivity contribution in [3.63, 3.8) is 0 Å². The van der Waals surface area contributed by atoms with Crippen molar-refractivity contribution in [3.8, 4) is 0 Å². The molecule has 0 radical (unpaired) electrons. The van der Waals surface area contributed by atoms with Crippen molar-refractivity contribution in [1.82, 2.24) is 10.6 Å². The second-order valence-corrected chi connectivity index (χ2v) is 11.7. The zero-order valence-corrected chi connectivity index (χ0v) is 17.2. The highest BCUT2D eigenvalue weighted by molar-refractivity contribution is 8.00. The molecule has 3 fully saturated rings. The molecule has 3 rings (SSSR count). The molecule has 2 saturated heterocycles. The van der Waals surface area contributed by atoms with Gasteiger partial charge in [-0.05, 0) is 57.1 Å². The Hall–Kier alpha value is 0.180. The molecule has 0 aromatic rings. The lowest BCUT2D eigenvalue weighted by Gasteiger charge is -2.43. The van der Waals surface area contributed by atoms with Gasteiger partial charge in [0.1, 0.15) is 9.84 Å². The molecular formula is C18H34N2O3S2. The van der Waals surface area contributed by atoms with Crippen molar-refractivity contribution in [2.75, 3.05) is 25.7 Å². The van der Waals surface area contributed by atoms with Gasteiger partial charge in [-0.15, -0.1) is 0 Å². The van der Waals surface area contributed by atoms with Gasteiger partial charge in [0.2, 0.25) is 0 Å². The molecule has 6 atom stereocenters. The molecule has 5 nitrogen and oxygen atoms in total. The van der Waals surface area contributed by atoms with E-state index in [1.807, 2.05) is 0 Å². The van der Waals surface area contributed by atoms with Crippen LogP contribution in [-0.2, 0) is 14.6 Å². The van der Waals surface area contributed by atoms with E-state index in [9.17, 15) is 8.42 Å². The minimum Gasteiger partial charge on any atom is -0.381 e. The molecule has 2 heterocycles. The quantitative estimate of drug-likeness (QED) is 0.724. The van der Waals surface area contributed by atoms with Crippen molar-refractivity contribution in [1.29, 1.82) is 0 Å². The Morgan fingerprint density at radius 1 is 1.16 bits per heavy atom. The van der Waals surface area contributed by atoms with E-state index in [1.54, 1.807) is 7.11 Å². The van der Waals surface area contributed by atoms with E-state index in [2.05, 4.69) is 22.4 Å². The lowest BCUT2D eigenvalue weighted by Crippen LogP contribution is -2.56. The minimum absolute atomic E-state index is 0.0510. The normalized spacial score (nSPS) is 40.2. The Labute approximate surface area is 157 Å². The third-order valence-corrected chi connectivity index (χ3v) is 9.30. The van der Waals surface area contributed by atoms with Gasteiger partial charge in [0.25, 0.3) is 0 Å². The summed E-state index contributed by atoms with van der Waals surface area (Å²) >= 11 is 2.10. The Morgan fingerprint density at radius 2 is 2.00 bits per heavy atom. The lowest BCUT2D eigenvalue weighted by molar-refractivity contribution is 0.000564. The van der Waals surface area contributed by atoms with E-state index < -0.39 is 9.84 Å². The summed E-state index contributed by atoms with van der Waals surface area (Å²) in [5, 5.41) is 8.09. The van der Waals surface area contributed by atoms with Crippen molar-refractivity contribution >= 4 is 21.6 Å². The van der Waals surface area contributed by atoms with Crippen molar-refractivity contribution < 1.29 is 13.2 Å². The molecule has 0 aromatic carbocycles. The molecule has 0 amide bonds. The fraction of sp³-hybridized carbons (Fsp3) is 1.00. The second kappa shape index (κ2) is 8.91. The van der Waals surface area contributed by atoms with Gasteiger partial charge in [-0.25, -0.2) is 8.42 Å². The van der Waals surface area contributed by atoms with E-state index in [4.69, 9.17) is 4.74 Å². The molecule has 7 heteroatoms. The Bertz CT molecular complexity index is 522. The zero-order valence-electron chi connectivity index (χ0n) is 15.6. The first-order valence-corrected chi connectivity index (χ1v) is 12.8. The standard InChI is InChI=1S/C18H34N2O3S2/c1-23-17-11-14(25(2,21)22)8-9-15(17)16-6-3-7-18(20-16)19-12-13-5-4-10-24-13/h13-20H,3-12H2,1-2H3. The molecule has 0 bridgehead atoms. The smallest absolute Gasteiger partial charge is 0.150 e. The van der Waals surface area contributed by atoms with Crippen LogP contribution in [0.15, 0.2) is 0 Å². The van der Waals surface area contributed by atoms with E-state index in [0.29, 0.717) is 24.5 Å². The predicted molar refractivity (Wildman–Crippen MR) is 105 cm³/mol. The second-order valence-electron chi connectivity index (χ2n) is 8.00. The van der Waals surface area contributed by atoms with Crippen LogP contribution in [0.4, 0.5) is 0 Å². The highest BCUT2D eigenvalue weighted by Crippen LogP contribution is 2.35. The number of ether oxygens (including phenoxy) is 1. The third-order valence-electron chi connectivity index (χ3n) is 6.26. The molecule has 0 spiro atoms. The molecule has 1 aliphatic carbocycles. The summed E-state index contributed by atoms with van der Waals surface area (Å²) in [5.41, 5.74) is 0. The number of methoxy groups -OCH3 is 1. The number of sulfone groups is 1. The van der Waals surface area contributed by atoms with E-state index in [-0.39, 0.29) is 11.4 Å². The minimum atomic E-state index is -2.97. The monoisotopic (exact) mass is 390 g/mol. The maximum Gasteiger partial charge on any atom is 0.150 e. The molecule has 146 valence electrons. The number of thioether (sulfide) groups is 1. The predicted octanol–water partition coefficient (Wildman–Crippen LogP) is 2.17. The topological polar surface area (TPSA) is 67.4 Å². The number of hydrogen-bond donors (Lipinski definition) is 2. The van der Waals surface area contributed by atoms with Gasteiger partial charge in [-0.2, -0.15) is 11.8 Å². The number of piperidine rings is 1. The summed E-state index contributed by atoms with van der Waals surface area (Å²) in [7, 11) is -1.23. The number of rotatable bonds is 6. The van der Waals surface area contributed by atoms with Gasteiger partial charge in [0.05, 0.1) is 17.5 Å². The summed E-state index contributed by atoms with van der Waals surface area (Å²) in [6.07, 6.45) is 10.5. The molecule has 3 aliphatic rings. The van der Waals surface area contributed by atoms with Crippen LogP contribution in [-0.4, -0.2) is 62.9 Å². The average Bonchev–Trinajstić information content (AvgIpc) is 3.12. The number of nitrogens with one attached hydrogen (secondary N) is 2. The molecule has 1 saturated carbocycles. The zero-order chi connectivity index (χ0) is 17.9. The number of hydrogen-bond acceptors (Lipinski definition) is 6. The SMILES string of the molecule is COC1CC(S(C)(=O)=O)CCC1C1CCCC(NCC2CCCS2)N1. The Kier molecular flexibility index (Phi) is 7.10. The van der Waals surface area contributed by atoms with E-state index >= 15 is 0 Å². The fourth-order valence-corrected chi connectivity index (χ4v) is 7.10. The van der Waals surface area contributed by atoms with E-state index in [0.717, 1.165) is 24.6 Å². The van der Waals surface area contributed by atoms with Crippen LogP contribution < -0.4 is 10.6 Å². The van der Waals surface area contributed by atoms with Crippen LogP contribution in [0.2, 0.25) is 0 Å². The molecule has 25 heavy (non-hydrogen) atoms. The van der Waals surface area contributed by atoms with Crippen molar-refractivity contribution in [3.05, 3.63) is 0 Å². The van der Waals surface area contributed by atoms with Gasteiger partial charge in [-0.3, -0.25) is 5.32 Å². The van der Waals surface area contributed by atoms with Crippen molar-refractivity contribution in [2.24, 2.45) is 5.92 Å². The molecule has 2 N–H and O–H groups in total. The highest BCUT2D eigenvalue weighted by atomic mass is 32.2. The average molecular weight is 391 g/mol. The van der Waals surface area contributed by atoms with Crippen molar-refractivity contribution in [2.45, 2.75) is 80.2 Å². The van der Waals surface area contributed by atoms with Crippen LogP contribution in [0.3, 0.4) is 0 Å². The first kappa shape index (κ1) is 19.9. The molecule has 0 aromatic heterocycles. The van der Waals surface area contributed by atoms with Crippen LogP contribution in [0, 0.1) is 5.92 Å². The van der Waals surface area contributed by atoms with Gasteiger partial charge >= 0.3 is 0 Å². The van der Waals surface area contributed by atoms with Gasteiger partial charge < -0.3 is 10.1 Å². The van der Waals surface area contributed by atoms with Gasteiger partial charge in [0.15, 0.2) is 0 Å². The summed E-state index contributed by atoms with van der Waals surface area (Å²) in [5.74, 6) is 1.74. The fourth-order valence-electron chi connectivity index (χ4n) is 4.78. The van der Waals surface area contributed by atoms with Crippen LogP contribution in [0.25, 0.3) is 0 Å². The first-order chi connectivity index (χ1) is 12.0. The Balaban J connectivity index is 1.53. The van der Waals surface area contributed by atoms with Crippen LogP contribution in [0.5, 0.6) is 0 Å². The largest absolute Gasteiger partial charge is 0.381 e. The molecule has 6 unspecified atom stereocenters. The maximum atomic E-state index is 11.9.